The fourth-order valence-corrected chi connectivity index (χ4v) is 4.21. The van der Waals surface area contributed by atoms with E-state index in [0.717, 1.165) is 42.9 Å². The molecule has 1 saturated heterocycles. The molecule has 0 unspecified atom stereocenters. The summed E-state index contributed by atoms with van der Waals surface area (Å²) in [6, 6.07) is 9.66. The average Bonchev–Trinajstić information content (AvgIpc) is 3.35. The highest BCUT2D eigenvalue weighted by molar-refractivity contribution is 6.48. The maximum absolute atomic E-state index is 12.7. The van der Waals surface area contributed by atoms with Gasteiger partial charge >= 0.3 is 6.18 Å². The van der Waals surface area contributed by atoms with E-state index in [-0.39, 0.29) is 22.9 Å². The number of halogens is 3. The molecule has 1 amide bonds. The third kappa shape index (κ3) is 7.00. The van der Waals surface area contributed by atoms with Gasteiger partial charge < -0.3 is 15.2 Å². The van der Waals surface area contributed by atoms with Crippen LogP contribution in [0.25, 0.3) is 0 Å². The fraction of sp³-hybridized carbons (Fsp3) is 0.423. The number of anilines is 1. The second-order valence-electron chi connectivity index (χ2n) is 9.25. The molecule has 1 aliphatic heterocycles. The summed E-state index contributed by atoms with van der Waals surface area (Å²) in [5.74, 6) is -2.61. The minimum absolute atomic E-state index is 0.000912. The van der Waals surface area contributed by atoms with Gasteiger partial charge in [0.2, 0.25) is 0 Å². The molecule has 0 aromatic heterocycles. The highest BCUT2D eigenvalue weighted by Crippen LogP contribution is 2.34. The number of amides is 1. The molecule has 1 fully saturated rings. The maximum atomic E-state index is 12.7. The van der Waals surface area contributed by atoms with Crippen LogP contribution in [0.4, 0.5) is 18.9 Å². The van der Waals surface area contributed by atoms with Gasteiger partial charge in [-0.2, -0.15) is 13.2 Å². The lowest BCUT2D eigenvalue weighted by molar-refractivity contribution is -0.134. The molecule has 11 heteroatoms. The van der Waals surface area contributed by atoms with Crippen molar-refractivity contribution in [3.63, 3.8) is 0 Å². The van der Waals surface area contributed by atoms with Gasteiger partial charge in [-0.05, 0) is 61.2 Å². The van der Waals surface area contributed by atoms with Gasteiger partial charge in [0.1, 0.15) is 23.9 Å². The molecule has 0 bridgehead atoms. The largest absolute Gasteiger partial charge is 0.507 e. The van der Waals surface area contributed by atoms with Crippen molar-refractivity contribution in [1.29, 1.82) is 10.8 Å². The Bertz CT molecular complexity index is 1140. The predicted octanol–water partition coefficient (Wildman–Crippen LogP) is 4.61. The van der Waals surface area contributed by atoms with E-state index in [1.807, 2.05) is 13.8 Å². The first kappa shape index (κ1) is 28.0. The van der Waals surface area contributed by atoms with Crippen LogP contribution in [0.2, 0.25) is 0 Å². The van der Waals surface area contributed by atoms with Crippen molar-refractivity contribution < 1.29 is 27.8 Å². The monoisotopic (exact) mass is 519 g/mol. The Morgan fingerprint density at radius 1 is 1.16 bits per heavy atom. The molecule has 200 valence electrons. The minimum atomic E-state index is -4.66. The van der Waals surface area contributed by atoms with E-state index >= 15 is 0 Å². The number of rotatable bonds is 7. The molecule has 1 aliphatic rings. The van der Waals surface area contributed by atoms with Crippen molar-refractivity contribution in [1.82, 2.24) is 10.2 Å². The lowest BCUT2D eigenvalue weighted by Gasteiger charge is -2.27. The number of carbonyl (C=O) groups is 1. The zero-order chi connectivity index (χ0) is 27.3. The number of nitrogens with zero attached hydrogens (tertiary/aromatic N) is 2. The van der Waals surface area contributed by atoms with E-state index in [1.54, 1.807) is 29.6 Å². The van der Waals surface area contributed by atoms with E-state index in [0.29, 0.717) is 11.3 Å². The van der Waals surface area contributed by atoms with Crippen molar-refractivity contribution >= 4 is 23.3 Å². The second-order valence-corrected chi connectivity index (χ2v) is 9.25. The number of benzene rings is 2. The number of aromatic hydroxyl groups is 1. The molecule has 8 nitrogen and oxygen atoms in total. The first-order valence-corrected chi connectivity index (χ1v) is 12.0. The number of ether oxygens (including phenoxy) is 1. The third-order valence-electron chi connectivity index (χ3n) is 6.14. The van der Waals surface area contributed by atoms with Gasteiger partial charge in [0.15, 0.2) is 5.84 Å². The third-order valence-corrected chi connectivity index (χ3v) is 6.14. The molecular formula is C26H32F3N5O3. The van der Waals surface area contributed by atoms with Crippen LogP contribution in [0.3, 0.4) is 0 Å². The Morgan fingerprint density at radius 2 is 1.78 bits per heavy atom. The number of phenols is 1. The summed E-state index contributed by atoms with van der Waals surface area (Å²) in [4.78, 5) is 15.7. The SMILES string of the molecule is COc1cc(O)c(C(=N)N(C(=N)C(=O)NCC(F)(F)F)c2ccc(CN3CCCC3)cc2)cc1C(C)C. The molecule has 3 rings (SSSR count). The number of amidine groups is 2. The number of hydrogen-bond acceptors (Lipinski definition) is 6. The van der Waals surface area contributed by atoms with E-state index in [2.05, 4.69) is 4.90 Å². The zero-order valence-corrected chi connectivity index (χ0v) is 21.1. The Kier molecular flexibility index (Phi) is 8.80. The Labute approximate surface area is 214 Å². The quantitative estimate of drug-likeness (QED) is 0.315. The van der Waals surface area contributed by atoms with Gasteiger partial charge in [-0.25, -0.2) is 0 Å². The van der Waals surface area contributed by atoms with Crippen molar-refractivity contribution in [2.75, 3.05) is 31.6 Å². The molecule has 37 heavy (non-hydrogen) atoms. The van der Waals surface area contributed by atoms with Crippen LogP contribution in [0.15, 0.2) is 36.4 Å². The number of nitrogens with one attached hydrogen (secondary N) is 3. The number of hydrogen-bond donors (Lipinski definition) is 4. The minimum Gasteiger partial charge on any atom is -0.507 e. The van der Waals surface area contributed by atoms with Crippen LogP contribution in [-0.4, -0.2) is 60.5 Å². The molecule has 0 atom stereocenters. The lowest BCUT2D eigenvalue weighted by Crippen LogP contribution is -2.48. The van der Waals surface area contributed by atoms with Crippen LogP contribution in [-0.2, 0) is 11.3 Å². The molecule has 0 aliphatic carbocycles. The van der Waals surface area contributed by atoms with Gasteiger partial charge in [-0.3, -0.25) is 25.4 Å². The first-order valence-electron chi connectivity index (χ1n) is 12.0. The van der Waals surface area contributed by atoms with Crippen LogP contribution in [0.5, 0.6) is 11.5 Å². The zero-order valence-electron chi connectivity index (χ0n) is 21.1. The van der Waals surface area contributed by atoms with Gasteiger partial charge in [-0.1, -0.05) is 26.0 Å². The smallest absolute Gasteiger partial charge is 0.405 e. The average molecular weight is 520 g/mol. The van der Waals surface area contributed by atoms with E-state index < -0.39 is 30.3 Å². The molecule has 4 N–H and O–H groups in total. The number of phenolic OH excluding ortho intramolecular Hbond substituents is 1. The normalized spacial score (nSPS) is 14.0. The molecule has 0 saturated carbocycles. The topological polar surface area (TPSA) is 113 Å². The van der Waals surface area contributed by atoms with Crippen molar-refractivity contribution in [2.45, 2.75) is 45.3 Å². The summed E-state index contributed by atoms with van der Waals surface area (Å²) in [6.45, 7) is 4.89. The van der Waals surface area contributed by atoms with Gasteiger partial charge in [0.05, 0.1) is 12.7 Å². The van der Waals surface area contributed by atoms with Gasteiger partial charge in [0.25, 0.3) is 5.91 Å². The molecule has 1 heterocycles. The van der Waals surface area contributed by atoms with E-state index in [4.69, 9.17) is 15.6 Å². The summed E-state index contributed by atoms with van der Waals surface area (Å²) in [7, 11) is 1.45. The van der Waals surface area contributed by atoms with Crippen molar-refractivity contribution in [3.8, 4) is 11.5 Å². The fourth-order valence-electron chi connectivity index (χ4n) is 4.21. The van der Waals surface area contributed by atoms with Crippen LogP contribution in [0.1, 0.15) is 49.3 Å². The summed E-state index contributed by atoms with van der Waals surface area (Å²) in [6.07, 6.45) is -2.39. The number of methoxy groups -OCH3 is 1. The molecule has 2 aromatic rings. The molecule has 2 aromatic carbocycles. The number of likely N-dealkylation sites (tertiary alicyclic amines) is 1. The van der Waals surface area contributed by atoms with Gasteiger partial charge in [-0.15, -0.1) is 0 Å². The Balaban J connectivity index is 1.98. The highest BCUT2D eigenvalue weighted by atomic mass is 19.4. The van der Waals surface area contributed by atoms with Crippen LogP contribution in [0, 0.1) is 10.8 Å². The Hall–Kier alpha value is -3.60. The summed E-state index contributed by atoms with van der Waals surface area (Å²) in [5, 5.41) is 29.5. The summed E-state index contributed by atoms with van der Waals surface area (Å²) in [5.41, 5.74) is 1.89. The van der Waals surface area contributed by atoms with Crippen LogP contribution >= 0.6 is 0 Å². The second kappa shape index (κ2) is 11.6. The first-order chi connectivity index (χ1) is 17.4. The highest BCUT2D eigenvalue weighted by Gasteiger charge is 2.31. The number of alkyl halides is 3. The molecular weight excluding hydrogens is 487 g/mol. The van der Waals surface area contributed by atoms with E-state index in [9.17, 15) is 23.1 Å². The lowest BCUT2D eigenvalue weighted by atomic mass is 9.98. The summed E-state index contributed by atoms with van der Waals surface area (Å²) >= 11 is 0. The standard InChI is InChI=1S/C26H32F3N5O3/c1-16(2)19-12-20(21(35)13-22(19)37-3)23(30)34(24(31)25(36)32-15-26(27,28)29)18-8-6-17(7-9-18)14-33-10-4-5-11-33/h6-9,12-13,16,30-31,35H,4-5,10-11,14-15H2,1-3H3,(H,32,36). The molecule has 0 spiro atoms. The Morgan fingerprint density at radius 3 is 2.32 bits per heavy atom. The molecule has 0 radical (unpaired) electrons. The van der Waals surface area contributed by atoms with Crippen molar-refractivity contribution in [2.24, 2.45) is 0 Å². The van der Waals surface area contributed by atoms with Crippen molar-refractivity contribution in [3.05, 3.63) is 53.1 Å². The number of carbonyl (C=O) groups excluding carboxylic acids is 1. The van der Waals surface area contributed by atoms with E-state index in [1.165, 1.54) is 19.2 Å². The maximum Gasteiger partial charge on any atom is 0.405 e. The summed E-state index contributed by atoms with van der Waals surface area (Å²) < 4.78 is 43.4. The van der Waals surface area contributed by atoms with Crippen LogP contribution < -0.4 is 15.0 Å². The van der Waals surface area contributed by atoms with Gasteiger partial charge in [0, 0.05) is 18.3 Å². The predicted molar refractivity (Wildman–Crippen MR) is 136 cm³/mol.